The number of rotatable bonds is 4. The summed E-state index contributed by atoms with van der Waals surface area (Å²) in [6.45, 7) is 0. The van der Waals surface area contributed by atoms with Gasteiger partial charge in [0, 0.05) is 20.1 Å². The summed E-state index contributed by atoms with van der Waals surface area (Å²) in [6.07, 6.45) is 0. The molecule has 0 radical (unpaired) electrons. The van der Waals surface area contributed by atoms with Crippen molar-refractivity contribution in [2.45, 2.75) is 10.6 Å². The van der Waals surface area contributed by atoms with Crippen molar-refractivity contribution >= 4 is 45.3 Å². The van der Waals surface area contributed by atoms with Crippen molar-refractivity contribution in [3.8, 4) is 0 Å². The average molecular weight is 358 g/mol. The van der Waals surface area contributed by atoms with E-state index in [0.29, 0.717) is 16.3 Å². The Morgan fingerprint density at radius 1 is 1.21 bits per heavy atom. The predicted octanol–water partition coefficient (Wildman–Crippen LogP) is 5.09. The van der Waals surface area contributed by atoms with Crippen molar-refractivity contribution in [3.63, 3.8) is 0 Å². The first-order chi connectivity index (χ1) is 9.06. The lowest BCUT2D eigenvalue weighted by Crippen LogP contribution is -1.98. The van der Waals surface area contributed by atoms with E-state index in [2.05, 4.69) is 15.9 Å². The second kappa shape index (κ2) is 6.46. The number of carboxylic acid groups (broad SMARTS) is 1. The van der Waals surface area contributed by atoms with Gasteiger partial charge in [0.1, 0.15) is 0 Å². The lowest BCUT2D eigenvalue weighted by molar-refractivity contribution is 0.0693. The molecule has 0 aromatic heterocycles. The molecule has 0 saturated heterocycles. The topological polar surface area (TPSA) is 37.3 Å². The Labute approximate surface area is 128 Å². The lowest BCUT2D eigenvalue weighted by Gasteiger charge is -2.07. The van der Waals surface area contributed by atoms with Gasteiger partial charge in [-0.25, -0.2) is 4.79 Å². The molecule has 1 N–H and O–H groups in total. The van der Waals surface area contributed by atoms with Gasteiger partial charge in [0.25, 0.3) is 0 Å². The summed E-state index contributed by atoms with van der Waals surface area (Å²) in [5.41, 5.74) is 1.42. The van der Waals surface area contributed by atoms with E-state index in [9.17, 15) is 4.79 Å². The summed E-state index contributed by atoms with van der Waals surface area (Å²) in [6, 6.07) is 12.7. The van der Waals surface area contributed by atoms with Gasteiger partial charge in [0.15, 0.2) is 0 Å². The minimum atomic E-state index is -0.911. The van der Waals surface area contributed by atoms with Crippen LogP contribution >= 0.6 is 39.3 Å². The van der Waals surface area contributed by atoms with E-state index in [-0.39, 0.29) is 0 Å². The van der Waals surface area contributed by atoms with E-state index >= 15 is 0 Å². The van der Waals surface area contributed by atoms with Crippen LogP contribution in [0.15, 0.2) is 51.8 Å². The van der Waals surface area contributed by atoms with Gasteiger partial charge in [-0.05, 0) is 35.9 Å². The highest BCUT2D eigenvalue weighted by molar-refractivity contribution is 9.10. The Morgan fingerprint density at radius 3 is 2.53 bits per heavy atom. The quantitative estimate of drug-likeness (QED) is 0.774. The van der Waals surface area contributed by atoms with Crippen LogP contribution in [0.2, 0.25) is 5.02 Å². The maximum Gasteiger partial charge on any atom is 0.336 e. The summed E-state index contributed by atoms with van der Waals surface area (Å²) >= 11 is 10.7. The maximum atomic E-state index is 11.1. The fraction of sp³-hybridized carbons (Fsp3) is 0.0714. The Bertz CT molecular complexity index is 599. The summed E-state index contributed by atoms with van der Waals surface area (Å²) < 4.78 is 0.871. The number of carboxylic acids is 1. The highest BCUT2D eigenvalue weighted by atomic mass is 79.9. The first-order valence-electron chi connectivity index (χ1n) is 5.46. The lowest BCUT2D eigenvalue weighted by atomic mass is 10.2. The van der Waals surface area contributed by atoms with Crippen molar-refractivity contribution in [3.05, 3.63) is 63.1 Å². The maximum absolute atomic E-state index is 11.1. The first kappa shape index (κ1) is 14.4. The molecule has 0 atom stereocenters. The van der Waals surface area contributed by atoms with Crippen LogP contribution in [0.1, 0.15) is 15.9 Å². The van der Waals surface area contributed by atoms with Gasteiger partial charge < -0.3 is 5.11 Å². The average Bonchev–Trinajstić information content (AvgIpc) is 2.38. The molecule has 0 aliphatic rings. The van der Waals surface area contributed by atoms with E-state index in [1.807, 2.05) is 30.3 Å². The molecule has 2 aromatic carbocycles. The molecule has 0 aliphatic heterocycles. The number of thioether (sulfide) groups is 1. The standard InChI is InChI=1S/C14H10BrClO2S/c15-10-3-6-12(14(17)18)13(7-10)19-8-9-1-4-11(16)5-2-9/h1-7H,8H2,(H,17,18). The second-order valence-corrected chi connectivity index (χ2v) is 6.23. The van der Waals surface area contributed by atoms with E-state index in [4.69, 9.17) is 16.7 Å². The van der Waals surface area contributed by atoms with Gasteiger partial charge >= 0.3 is 5.97 Å². The minimum absolute atomic E-state index is 0.321. The third kappa shape index (κ3) is 4.00. The van der Waals surface area contributed by atoms with Crippen LogP contribution < -0.4 is 0 Å². The summed E-state index contributed by atoms with van der Waals surface area (Å²) in [4.78, 5) is 11.9. The zero-order valence-corrected chi connectivity index (χ0v) is 12.9. The number of aromatic carboxylic acids is 1. The molecule has 0 fully saturated rings. The molecule has 0 amide bonds. The molecule has 2 aromatic rings. The molecular formula is C14H10BrClO2S. The molecule has 19 heavy (non-hydrogen) atoms. The zero-order valence-electron chi connectivity index (χ0n) is 9.77. The number of hydrogen-bond acceptors (Lipinski definition) is 2. The van der Waals surface area contributed by atoms with Gasteiger partial charge in [0.05, 0.1) is 5.56 Å². The van der Waals surface area contributed by atoms with Gasteiger partial charge in [0.2, 0.25) is 0 Å². The molecule has 0 aliphatic carbocycles. The molecule has 0 heterocycles. The first-order valence-corrected chi connectivity index (χ1v) is 7.62. The number of hydrogen-bond donors (Lipinski definition) is 1. The Hall–Kier alpha value is -0.970. The van der Waals surface area contributed by atoms with E-state index in [1.54, 1.807) is 12.1 Å². The molecule has 98 valence electrons. The highest BCUT2D eigenvalue weighted by Crippen LogP contribution is 2.29. The molecule has 5 heteroatoms. The largest absolute Gasteiger partial charge is 0.478 e. The third-order valence-electron chi connectivity index (χ3n) is 2.48. The molecular weight excluding hydrogens is 348 g/mol. The molecule has 0 spiro atoms. The van der Waals surface area contributed by atoms with Crippen molar-refractivity contribution in [1.82, 2.24) is 0 Å². The van der Waals surface area contributed by atoms with Crippen LogP contribution in [0.3, 0.4) is 0 Å². The predicted molar refractivity (Wildman–Crippen MR) is 82.1 cm³/mol. The molecule has 0 unspecified atom stereocenters. The fourth-order valence-electron chi connectivity index (χ4n) is 1.53. The third-order valence-corrected chi connectivity index (χ3v) is 4.35. The van der Waals surface area contributed by atoms with Gasteiger partial charge in [-0.15, -0.1) is 11.8 Å². The van der Waals surface area contributed by atoms with Crippen LogP contribution in [-0.4, -0.2) is 11.1 Å². The Kier molecular flexibility index (Phi) is 4.91. The van der Waals surface area contributed by atoms with Gasteiger partial charge in [-0.2, -0.15) is 0 Å². The second-order valence-electron chi connectivity index (χ2n) is 3.86. The SMILES string of the molecule is O=C(O)c1ccc(Br)cc1SCc1ccc(Cl)cc1. The zero-order chi connectivity index (χ0) is 13.8. The smallest absolute Gasteiger partial charge is 0.336 e. The van der Waals surface area contributed by atoms with Crippen LogP contribution in [0.25, 0.3) is 0 Å². The van der Waals surface area contributed by atoms with Gasteiger partial charge in [-0.1, -0.05) is 39.7 Å². The Morgan fingerprint density at radius 2 is 1.89 bits per heavy atom. The number of carbonyl (C=O) groups is 1. The Balaban J connectivity index is 2.16. The van der Waals surface area contributed by atoms with E-state index in [0.717, 1.165) is 14.9 Å². The van der Waals surface area contributed by atoms with Crippen LogP contribution in [0.5, 0.6) is 0 Å². The molecule has 2 rings (SSSR count). The van der Waals surface area contributed by atoms with E-state index in [1.165, 1.54) is 11.8 Å². The molecule has 2 nitrogen and oxygen atoms in total. The highest BCUT2D eigenvalue weighted by Gasteiger charge is 2.10. The van der Waals surface area contributed by atoms with Crippen LogP contribution in [-0.2, 0) is 5.75 Å². The summed E-state index contributed by atoms with van der Waals surface area (Å²) in [7, 11) is 0. The minimum Gasteiger partial charge on any atom is -0.478 e. The monoisotopic (exact) mass is 356 g/mol. The summed E-state index contributed by atoms with van der Waals surface area (Å²) in [5.74, 6) is -0.209. The van der Waals surface area contributed by atoms with Crippen molar-refractivity contribution in [1.29, 1.82) is 0 Å². The van der Waals surface area contributed by atoms with Crippen molar-refractivity contribution in [2.24, 2.45) is 0 Å². The summed E-state index contributed by atoms with van der Waals surface area (Å²) in [5, 5.41) is 9.84. The number of benzene rings is 2. The van der Waals surface area contributed by atoms with E-state index < -0.39 is 5.97 Å². The van der Waals surface area contributed by atoms with Crippen molar-refractivity contribution in [2.75, 3.05) is 0 Å². The van der Waals surface area contributed by atoms with Crippen molar-refractivity contribution < 1.29 is 9.90 Å². The normalized spacial score (nSPS) is 10.4. The fourth-order valence-corrected chi connectivity index (χ4v) is 3.21. The van der Waals surface area contributed by atoms with Gasteiger partial charge in [-0.3, -0.25) is 0 Å². The number of halogens is 2. The molecule has 0 saturated carbocycles. The van der Waals surface area contributed by atoms with Crippen LogP contribution in [0, 0.1) is 0 Å². The van der Waals surface area contributed by atoms with Crippen LogP contribution in [0.4, 0.5) is 0 Å². The molecule has 0 bridgehead atoms.